The van der Waals surface area contributed by atoms with Gasteiger partial charge >= 0.3 is 5.97 Å². The van der Waals surface area contributed by atoms with Gasteiger partial charge in [0.1, 0.15) is 11.5 Å². The Balaban J connectivity index is 1.30. The quantitative estimate of drug-likeness (QED) is 0.203. The third-order valence-corrected chi connectivity index (χ3v) is 6.33. The van der Waals surface area contributed by atoms with Crippen molar-refractivity contribution in [2.45, 2.75) is 11.8 Å². The Morgan fingerprint density at radius 1 is 1.05 bits per heavy atom. The van der Waals surface area contributed by atoms with Gasteiger partial charge in [0.05, 0.1) is 7.11 Å². The fourth-order valence-corrected chi connectivity index (χ4v) is 4.22. The van der Waals surface area contributed by atoms with Crippen LogP contribution in [-0.4, -0.2) is 35.2 Å². The Morgan fingerprint density at radius 3 is 2.65 bits per heavy atom. The second-order valence-corrected chi connectivity index (χ2v) is 9.11. The lowest BCUT2D eigenvalue weighted by Crippen LogP contribution is -1.99. The van der Waals surface area contributed by atoms with Crippen molar-refractivity contribution in [2.24, 2.45) is 0 Å². The molecule has 0 radical (unpaired) electrons. The summed E-state index contributed by atoms with van der Waals surface area (Å²) in [5.74, 6) is 1.45. The first-order valence-electron chi connectivity index (χ1n) is 10.9. The lowest BCUT2D eigenvalue weighted by molar-refractivity contribution is -0.131. The van der Waals surface area contributed by atoms with Crippen LogP contribution in [0, 0.1) is 0 Å². The van der Waals surface area contributed by atoms with E-state index in [9.17, 15) is 9.90 Å². The van der Waals surface area contributed by atoms with Gasteiger partial charge < -0.3 is 28.5 Å². The van der Waals surface area contributed by atoms with E-state index in [1.165, 1.54) is 13.2 Å². The Bertz CT molecular complexity index is 1470. The van der Waals surface area contributed by atoms with Crippen molar-refractivity contribution in [3.63, 3.8) is 0 Å². The molecule has 1 aliphatic heterocycles. The largest absolute Gasteiger partial charge is 0.493 e. The average Bonchev–Trinajstić information content (AvgIpc) is 3.57. The second-order valence-electron chi connectivity index (χ2n) is 7.68. The number of hydrogen-bond donors (Lipinski definition) is 1. The molecule has 4 aromatic rings. The number of methoxy groups -OCH3 is 1. The molecule has 0 bridgehead atoms. The van der Waals surface area contributed by atoms with Crippen molar-refractivity contribution in [3.8, 4) is 34.5 Å². The molecule has 5 rings (SSSR count). The van der Waals surface area contributed by atoms with E-state index in [4.69, 9.17) is 35.0 Å². The summed E-state index contributed by atoms with van der Waals surface area (Å²) in [6, 6.07) is 17.6. The van der Waals surface area contributed by atoms with Gasteiger partial charge in [-0.2, -0.15) is 0 Å². The summed E-state index contributed by atoms with van der Waals surface area (Å²) < 4.78 is 27.7. The Labute approximate surface area is 220 Å². The number of thioether (sulfide) groups is 1. The zero-order valence-electron chi connectivity index (χ0n) is 19.3. The molecule has 11 heteroatoms. The molecule has 0 atom stereocenters. The summed E-state index contributed by atoms with van der Waals surface area (Å²) in [6.45, 7) is 0.487. The Morgan fingerprint density at radius 2 is 1.86 bits per heavy atom. The maximum absolute atomic E-state index is 11.9. The Kier molecular flexibility index (Phi) is 7.20. The first kappa shape index (κ1) is 24.5. The standard InChI is InChI=1S/C26H19ClN2O7S/c1-32-21-10-15(2-8-19(21)33-13-16-3-9-20-22(11-16)35-14-34-20)12-23(25(30)31)37-26-29-28-24(36-26)17-4-6-18(27)7-5-17/h2-12H,13-14H2,1H3,(H,30,31)/b23-12-. The van der Waals surface area contributed by atoms with E-state index < -0.39 is 5.97 Å². The molecule has 1 aliphatic rings. The molecule has 9 nitrogen and oxygen atoms in total. The summed E-state index contributed by atoms with van der Waals surface area (Å²) in [7, 11) is 1.51. The highest BCUT2D eigenvalue weighted by Crippen LogP contribution is 2.35. The zero-order valence-corrected chi connectivity index (χ0v) is 20.9. The summed E-state index contributed by atoms with van der Waals surface area (Å²) in [6.07, 6.45) is 1.49. The first-order valence-corrected chi connectivity index (χ1v) is 12.1. The molecule has 37 heavy (non-hydrogen) atoms. The predicted octanol–water partition coefficient (Wildman–Crippen LogP) is 5.92. The van der Waals surface area contributed by atoms with E-state index in [-0.39, 0.29) is 29.4 Å². The molecule has 3 aromatic carbocycles. The van der Waals surface area contributed by atoms with E-state index in [2.05, 4.69) is 10.2 Å². The number of rotatable bonds is 9. The van der Waals surface area contributed by atoms with Crippen LogP contribution in [0.15, 0.2) is 75.2 Å². The molecule has 0 amide bonds. The molecule has 0 spiro atoms. The molecule has 188 valence electrons. The molecule has 2 heterocycles. The highest BCUT2D eigenvalue weighted by Gasteiger charge is 2.17. The van der Waals surface area contributed by atoms with Crippen LogP contribution in [0.2, 0.25) is 5.02 Å². The molecule has 0 saturated carbocycles. The maximum Gasteiger partial charge on any atom is 0.342 e. The van der Waals surface area contributed by atoms with Crippen LogP contribution >= 0.6 is 23.4 Å². The second kappa shape index (κ2) is 10.9. The SMILES string of the molecule is COc1cc(/C=C(\Sc2nnc(-c3ccc(Cl)cc3)o2)C(=O)O)ccc1OCc1ccc2c(c1)OCO2. The fourth-order valence-electron chi connectivity index (χ4n) is 3.43. The molecule has 1 aromatic heterocycles. The van der Waals surface area contributed by atoms with Crippen LogP contribution in [0.5, 0.6) is 23.0 Å². The van der Waals surface area contributed by atoms with E-state index >= 15 is 0 Å². The number of halogens is 1. The lowest BCUT2D eigenvalue weighted by Gasteiger charge is -2.12. The van der Waals surface area contributed by atoms with Crippen molar-refractivity contribution >= 4 is 35.4 Å². The van der Waals surface area contributed by atoms with Gasteiger partial charge in [0, 0.05) is 10.6 Å². The van der Waals surface area contributed by atoms with Crippen LogP contribution < -0.4 is 18.9 Å². The van der Waals surface area contributed by atoms with E-state index in [0.717, 1.165) is 17.3 Å². The fraction of sp³-hybridized carbons (Fsp3) is 0.115. The van der Waals surface area contributed by atoms with Gasteiger partial charge in [-0.3, -0.25) is 0 Å². The topological polar surface area (TPSA) is 113 Å². The third kappa shape index (κ3) is 5.82. The number of carbonyl (C=O) groups is 1. The van der Waals surface area contributed by atoms with Crippen molar-refractivity contribution < 1.29 is 33.3 Å². The smallest absolute Gasteiger partial charge is 0.342 e. The minimum Gasteiger partial charge on any atom is -0.493 e. The number of aliphatic carboxylic acids is 1. The van der Waals surface area contributed by atoms with Crippen LogP contribution in [0.25, 0.3) is 17.5 Å². The normalized spacial score (nSPS) is 12.4. The van der Waals surface area contributed by atoms with Gasteiger partial charge in [-0.05, 0) is 77.5 Å². The summed E-state index contributed by atoms with van der Waals surface area (Å²) in [5, 5.41) is 18.3. The Hall–Kier alpha value is -4.15. The molecule has 0 unspecified atom stereocenters. The zero-order chi connectivity index (χ0) is 25.8. The van der Waals surface area contributed by atoms with Crippen LogP contribution in [0.3, 0.4) is 0 Å². The number of ether oxygens (including phenoxy) is 4. The minimum absolute atomic E-state index is 0.0117. The van der Waals surface area contributed by atoms with Gasteiger partial charge in [0.15, 0.2) is 23.0 Å². The van der Waals surface area contributed by atoms with Gasteiger partial charge in [0.25, 0.3) is 5.22 Å². The van der Waals surface area contributed by atoms with Crippen molar-refractivity contribution in [1.82, 2.24) is 10.2 Å². The minimum atomic E-state index is -1.14. The van der Waals surface area contributed by atoms with Crippen molar-refractivity contribution in [1.29, 1.82) is 0 Å². The van der Waals surface area contributed by atoms with Crippen LogP contribution in [0.4, 0.5) is 0 Å². The number of carboxylic acid groups (broad SMARTS) is 1. The van der Waals surface area contributed by atoms with Gasteiger partial charge in [-0.1, -0.05) is 23.7 Å². The number of nitrogens with zero attached hydrogens (tertiary/aromatic N) is 2. The number of benzene rings is 3. The summed E-state index contributed by atoms with van der Waals surface area (Å²) in [5.41, 5.74) is 2.16. The molecule has 0 saturated heterocycles. The molecule has 0 aliphatic carbocycles. The molecular formula is C26H19ClN2O7S. The average molecular weight is 539 g/mol. The number of aromatic nitrogens is 2. The first-order chi connectivity index (χ1) is 18.0. The number of fused-ring (bicyclic) bond motifs is 1. The highest BCUT2D eigenvalue weighted by atomic mass is 35.5. The van der Waals surface area contributed by atoms with E-state index in [0.29, 0.717) is 39.1 Å². The lowest BCUT2D eigenvalue weighted by atomic mass is 10.2. The predicted molar refractivity (Wildman–Crippen MR) is 136 cm³/mol. The maximum atomic E-state index is 11.9. The van der Waals surface area contributed by atoms with Crippen molar-refractivity contribution in [3.05, 3.63) is 81.7 Å². The summed E-state index contributed by atoms with van der Waals surface area (Å²) >= 11 is 6.76. The molecule has 0 fully saturated rings. The molecule has 1 N–H and O–H groups in total. The molecular weight excluding hydrogens is 520 g/mol. The summed E-state index contributed by atoms with van der Waals surface area (Å²) in [4.78, 5) is 11.9. The van der Waals surface area contributed by atoms with Crippen LogP contribution in [0.1, 0.15) is 11.1 Å². The number of carboxylic acids is 1. The van der Waals surface area contributed by atoms with Crippen molar-refractivity contribution in [2.75, 3.05) is 13.9 Å². The van der Waals surface area contributed by atoms with Gasteiger partial charge in [-0.25, -0.2) is 4.79 Å². The third-order valence-electron chi connectivity index (χ3n) is 5.22. The van der Waals surface area contributed by atoms with E-state index in [1.807, 2.05) is 18.2 Å². The number of hydrogen-bond acceptors (Lipinski definition) is 9. The van der Waals surface area contributed by atoms with Gasteiger partial charge in [-0.15, -0.1) is 10.2 Å². The monoisotopic (exact) mass is 538 g/mol. The van der Waals surface area contributed by atoms with E-state index in [1.54, 1.807) is 42.5 Å². The van der Waals surface area contributed by atoms with Gasteiger partial charge in [0.2, 0.25) is 12.7 Å². The highest BCUT2D eigenvalue weighted by molar-refractivity contribution is 8.03. The van der Waals surface area contributed by atoms with Crippen LogP contribution in [-0.2, 0) is 11.4 Å².